The van der Waals surface area contributed by atoms with Crippen LogP contribution in [0.15, 0.2) is 75.6 Å². The number of ketones is 1. The molecule has 3 atom stereocenters. The quantitative estimate of drug-likeness (QED) is 0.234. The molecule has 0 radical (unpaired) electrons. The van der Waals surface area contributed by atoms with Gasteiger partial charge in [-0.3, -0.25) is 14.4 Å². The number of pyridine rings is 1. The summed E-state index contributed by atoms with van der Waals surface area (Å²) >= 11 is 1.42. The van der Waals surface area contributed by atoms with E-state index >= 15 is 0 Å². The van der Waals surface area contributed by atoms with Crippen LogP contribution >= 0.6 is 11.3 Å². The van der Waals surface area contributed by atoms with E-state index in [0.29, 0.717) is 16.7 Å². The van der Waals surface area contributed by atoms with Crippen LogP contribution in [0.25, 0.3) is 11.0 Å². The average molecular weight is 611 g/mol. The summed E-state index contributed by atoms with van der Waals surface area (Å²) < 4.78 is 38.9. The number of methoxy groups -OCH3 is 1. The summed E-state index contributed by atoms with van der Waals surface area (Å²) in [4.78, 5) is 42.6. The van der Waals surface area contributed by atoms with Crippen molar-refractivity contribution in [1.82, 2.24) is 14.5 Å². The average Bonchev–Trinajstić information content (AvgIpc) is 3.77. The van der Waals surface area contributed by atoms with E-state index in [4.69, 9.17) is 9.15 Å². The number of carbonyl (C=O) groups excluding carboxylic acids is 3. The van der Waals surface area contributed by atoms with E-state index in [1.54, 1.807) is 24.3 Å². The van der Waals surface area contributed by atoms with Crippen molar-refractivity contribution in [1.29, 1.82) is 0 Å². The predicted molar refractivity (Wildman–Crippen MR) is 150 cm³/mol. The van der Waals surface area contributed by atoms with Crippen molar-refractivity contribution in [2.45, 2.75) is 36.0 Å². The van der Waals surface area contributed by atoms with Gasteiger partial charge in [0.1, 0.15) is 23.4 Å². The van der Waals surface area contributed by atoms with Gasteiger partial charge in [-0.1, -0.05) is 6.07 Å². The van der Waals surface area contributed by atoms with Crippen molar-refractivity contribution in [3.63, 3.8) is 0 Å². The van der Waals surface area contributed by atoms with Gasteiger partial charge in [-0.25, -0.2) is 8.42 Å². The Morgan fingerprint density at radius 2 is 2.05 bits per heavy atom. The van der Waals surface area contributed by atoms with E-state index < -0.39 is 57.3 Å². The number of rotatable bonds is 8. The summed E-state index contributed by atoms with van der Waals surface area (Å²) in [5.74, 6) is -0.964. The zero-order chi connectivity index (χ0) is 29.6. The van der Waals surface area contributed by atoms with Crippen LogP contribution in [0.3, 0.4) is 0 Å². The molecule has 2 aliphatic heterocycles. The summed E-state index contributed by atoms with van der Waals surface area (Å²) in [5, 5.41) is 17.0. The summed E-state index contributed by atoms with van der Waals surface area (Å²) in [6.45, 7) is -0.347. The molecule has 14 heteroatoms. The molecule has 2 amide bonds. The summed E-state index contributed by atoms with van der Waals surface area (Å²) in [6.07, 6.45) is 1.45. The van der Waals surface area contributed by atoms with E-state index in [-0.39, 0.29) is 29.9 Å². The Hall–Kier alpha value is -4.27. The van der Waals surface area contributed by atoms with Crippen molar-refractivity contribution >= 4 is 49.9 Å². The van der Waals surface area contributed by atoms with E-state index in [1.165, 1.54) is 41.5 Å². The minimum atomic E-state index is -4.30. The Morgan fingerprint density at radius 3 is 2.79 bits per heavy atom. The second kappa shape index (κ2) is 10.9. The summed E-state index contributed by atoms with van der Waals surface area (Å²) in [7, 11) is -2.77. The SMILES string of the molecule is COc1ccc2oc(C(=O)NC(Cc3cccs3)C(=O)N3CCC4C3C(=O)CN4S(=O)(=O)c3cccc[n+]3[O-])cc2c1. The van der Waals surface area contributed by atoms with Gasteiger partial charge in [-0.05, 0) is 48.2 Å². The number of ether oxygens (including phenoxy) is 1. The molecule has 1 N–H and O–H groups in total. The van der Waals surface area contributed by atoms with Crippen molar-refractivity contribution in [3.8, 4) is 5.75 Å². The Balaban J connectivity index is 1.25. The Morgan fingerprint density at radius 1 is 1.21 bits per heavy atom. The highest BCUT2D eigenvalue weighted by Crippen LogP contribution is 2.34. The first-order chi connectivity index (χ1) is 20.2. The molecule has 218 valence electrons. The third kappa shape index (κ3) is 4.91. The number of sulfonamides is 1. The molecular formula is C28H26N4O8S2. The maximum atomic E-state index is 14.0. The molecule has 4 aromatic rings. The molecule has 2 aliphatic rings. The smallest absolute Gasteiger partial charge is 0.323 e. The predicted octanol–water partition coefficient (Wildman–Crippen LogP) is 1.72. The fraction of sp³-hybridized carbons (Fsp3) is 0.286. The van der Waals surface area contributed by atoms with Crippen LogP contribution in [-0.4, -0.2) is 73.5 Å². The van der Waals surface area contributed by atoms with Crippen LogP contribution in [0.5, 0.6) is 5.75 Å². The number of carbonyl (C=O) groups is 3. The maximum Gasteiger partial charge on any atom is 0.323 e. The van der Waals surface area contributed by atoms with Gasteiger partial charge in [-0.2, -0.15) is 9.04 Å². The van der Waals surface area contributed by atoms with Crippen LogP contribution in [0.4, 0.5) is 0 Å². The van der Waals surface area contributed by atoms with Crippen LogP contribution in [0.2, 0.25) is 0 Å². The number of thiophene rings is 1. The van der Waals surface area contributed by atoms with E-state index in [2.05, 4.69) is 5.32 Å². The fourth-order valence-electron chi connectivity index (χ4n) is 5.59. The second-order valence-electron chi connectivity index (χ2n) is 10.0. The first-order valence-corrected chi connectivity index (χ1v) is 15.4. The lowest BCUT2D eigenvalue weighted by molar-refractivity contribution is -0.646. The van der Waals surface area contributed by atoms with Crippen LogP contribution in [-0.2, 0) is 26.0 Å². The van der Waals surface area contributed by atoms with Crippen LogP contribution in [0.1, 0.15) is 21.9 Å². The number of amides is 2. The monoisotopic (exact) mass is 610 g/mol. The molecule has 0 aliphatic carbocycles. The van der Waals surface area contributed by atoms with Crippen molar-refractivity contribution in [3.05, 3.63) is 82.0 Å². The molecule has 5 heterocycles. The van der Waals surface area contributed by atoms with Gasteiger partial charge in [0.25, 0.3) is 5.91 Å². The first-order valence-electron chi connectivity index (χ1n) is 13.1. The van der Waals surface area contributed by atoms with E-state index in [9.17, 15) is 28.0 Å². The van der Waals surface area contributed by atoms with Crippen molar-refractivity contribution < 1.29 is 36.7 Å². The number of nitrogens with zero attached hydrogens (tertiary/aromatic N) is 3. The number of aromatic nitrogens is 1. The van der Waals surface area contributed by atoms with Gasteiger partial charge in [0.2, 0.25) is 5.91 Å². The van der Waals surface area contributed by atoms with E-state index in [0.717, 1.165) is 15.4 Å². The van der Waals surface area contributed by atoms with Gasteiger partial charge >= 0.3 is 15.0 Å². The number of furan rings is 1. The molecule has 2 fully saturated rings. The first kappa shape index (κ1) is 27.9. The minimum Gasteiger partial charge on any atom is -0.618 e. The standard InChI is InChI=1S/C28H26N4O8S2/c1-39-18-7-8-23-17(13-18)14-24(40-23)27(34)29-20(15-19-5-4-12-41-19)28(35)30-11-9-21-26(30)22(33)16-32(21)42(37,38)25-6-2-3-10-31(25)36/h2-8,10,12-14,20-21,26H,9,11,15-16H2,1H3,(H,29,34). The zero-order valence-corrected chi connectivity index (χ0v) is 24.0. The molecule has 3 unspecified atom stereocenters. The Bertz CT molecular complexity index is 1790. The zero-order valence-electron chi connectivity index (χ0n) is 22.3. The number of Topliss-reactive ketones (excluding diaryl/α,β-unsaturated/α-hetero) is 1. The number of hydrogen-bond acceptors (Lipinski definition) is 9. The molecule has 0 bridgehead atoms. The number of nitrogens with one attached hydrogen (secondary N) is 1. The van der Waals surface area contributed by atoms with Gasteiger partial charge in [0.05, 0.1) is 19.7 Å². The van der Waals surface area contributed by atoms with Gasteiger partial charge in [0, 0.05) is 35.4 Å². The topological polar surface area (TPSA) is 153 Å². The van der Waals surface area contributed by atoms with Crippen LogP contribution < -0.4 is 14.8 Å². The normalized spacial score (nSPS) is 19.6. The Kier molecular flexibility index (Phi) is 7.20. The summed E-state index contributed by atoms with van der Waals surface area (Å²) in [6, 6.07) is 11.4. The molecule has 0 spiro atoms. The van der Waals surface area contributed by atoms with Gasteiger partial charge < -0.3 is 24.6 Å². The lowest BCUT2D eigenvalue weighted by Gasteiger charge is -2.28. The highest BCUT2D eigenvalue weighted by Gasteiger charge is 2.55. The summed E-state index contributed by atoms with van der Waals surface area (Å²) in [5.41, 5.74) is 0.472. The number of hydrogen-bond donors (Lipinski definition) is 1. The van der Waals surface area contributed by atoms with E-state index in [1.807, 2.05) is 17.5 Å². The van der Waals surface area contributed by atoms with Gasteiger partial charge in [0.15, 0.2) is 17.7 Å². The van der Waals surface area contributed by atoms with Crippen LogP contribution in [0, 0.1) is 5.21 Å². The number of likely N-dealkylation sites (tertiary alicyclic amines) is 1. The van der Waals surface area contributed by atoms with Crippen molar-refractivity contribution in [2.24, 2.45) is 0 Å². The lowest BCUT2D eigenvalue weighted by Crippen LogP contribution is -2.53. The minimum absolute atomic E-state index is 0.00419. The maximum absolute atomic E-state index is 14.0. The third-order valence-corrected chi connectivity index (χ3v) is 10.3. The molecule has 2 saturated heterocycles. The van der Waals surface area contributed by atoms with Gasteiger partial charge in [-0.15, -0.1) is 11.3 Å². The highest BCUT2D eigenvalue weighted by molar-refractivity contribution is 7.89. The second-order valence-corrected chi connectivity index (χ2v) is 12.9. The molecule has 12 nitrogen and oxygen atoms in total. The fourth-order valence-corrected chi connectivity index (χ4v) is 8.00. The molecule has 6 rings (SSSR count). The molecular weight excluding hydrogens is 584 g/mol. The molecule has 42 heavy (non-hydrogen) atoms. The number of benzene rings is 1. The lowest BCUT2D eigenvalue weighted by atomic mass is 10.1. The highest BCUT2D eigenvalue weighted by atomic mass is 32.2. The molecule has 3 aromatic heterocycles. The molecule has 1 aromatic carbocycles. The molecule has 0 saturated carbocycles. The number of fused-ring (bicyclic) bond motifs is 2. The largest absolute Gasteiger partial charge is 0.618 e. The van der Waals surface area contributed by atoms with Crippen molar-refractivity contribution in [2.75, 3.05) is 20.2 Å². The third-order valence-electron chi connectivity index (χ3n) is 7.56. The Labute approximate surface area is 244 Å².